The van der Waals surface area contributed by atoms with Crippen molar-refractivity contribution in [3.8, 4) is 5.75 Å². The van der Waals surface area contributed by atoms with Gasteiger partial charge in [0.1, 0.15) is 12.3 Å². The van der Waals surface area contributed by atoms with Gasteiger partial charge in [-0.15, -0.1) is 0 Å². The highest BCUT2D eigenvalue weighted by molar-refractivity contribution is 5.98. The van der Waals surface area contributed by atoms with E-state index in [2.05, 4.69) is 31.2 Å². The minimum absolute atomic E-state index is 0.0339. The summed E-state index contributed by atoms with van der Waals surface area (Å²) in [6.45, 7) is 7.05. The van der Waals surface area contributed by atoms with Crippen LogP contribution in [0.15, 0.2) is 48.5 Å². The first kappa shape index (κ1) is 19.5. The first-order valence-corrected chi connectivity index (χ1v) is 10.3. The van der Waals surface area contributed by atoms with E-state index in [0.717, 1.165) is 38.4 Å². The van der Waals surface area contributed by atoms with Gasteiger partial charge in [-0.05, 0) is 24.6 Å². The van der Waals surface area contributed by atoms with E-state index in [1.54, 1.807) is 4.90 Å². The van der Waals surface area contributed by atoms with Crippen LogP contribution in [-0.4, -0.2) is 56.0 Å². The summed E-state index contributed by atoms with van der Waals surface area (Å²) in [5.41, 5.74) is 3.46. The Morgan fingerprint density at radius 2 is 1.79 bits per heavy atom. The van der Waals surface area contributed by atoms with Crippen molar-refractivity contribution in [1.82, 2.24) is 4.90 Å². The number of carbonyl (C=O) groups is 2. The van der Waals surface area contributed by atoms with Crippen molar-refractivity contribution < 1.29 is 19.2 Å². The zero-order chi connectivity index (χ0) is 20.2. The number of aryl methyl sites for hydroxylation is 1. The zero-order valence-corrected chi connectivity index (χ0v) is 16.9. The summed E-state index contributed by atoms with van der Waals surface area (Å²) >= 11 is 0. The number of rotatable bonds is 5. The third-order valence-electron chi connectivity index (χ3n) is 5.88. The Bertz CT molecular complexity index is 890. The molecule has 4 rings (SSSR count). The van der Waals surface area contributed by atoms with Gasteiger partial charge in [-0.1, -0.05) is 36.4 Å². The van der Waals surface area contributed by atoms with Crippen LogP contribution < -0.4 is 14.5 Å². The van der Waals surface area contributed by atoms with Gasteiger partial charge in [0.05, 0.1) is 31.9 Å². The number of carbonyl (C=O) groups excluding carboxylic acids is 2. The SMILES string of the molecule is Cc1ccccc1C[NH+]1CCN(C(=O)CCN2C(=O)COc3ccccc32)CC1. The van der Waals surface area contributed by atoms with Crippen molar-refractivity contribution in [2.45, 2.75) is 19.9 Å². The quantitative estimate of drug-likeness (QED) is 0.825. The lowest BCUT2D eigenvalue weighted by Gasteiger charge is -2.33. The lowest BCUT2D eigenvalue weighted by atomic mass is 10.1. The fourth-order valence-electron chi connectivity index (χ4n) is 4.09. The maximum absolute atomic E-state index is 12.7. The predicted octanol–water partition coefficient (Wildman–Crippen LogP) is 1.04. The van der Waals surface area contributed by atoms with Crippen LogP contribution in [0.3, 0.4) is 0 Å². The molecular weight excluding hydrogens is 366 g/mol. The number of fused-ring (bicyclic) bond motifs is 1. The van der Waals surface area contributed by atoms with Gasteiger partial charge in [-0.25, -0.2) is 0 Å². The monoisotopic (exact) mass is 394 g/mol. The second kappa shape index (κ2) is 8.66. The maximum Gasteiger partial charge on any atom is 0.265 e. The van der Waals surface area contributed by atoms with Crippen molar-refractivity contribution in [3.05, 3.63) is 59.7 Å². The fourth-order valence-corrected chi connectivity index (χ4v) is 4.09. The van der Waals surface area contributed by atoms with Crippen LogP contribution in [0.5, 0.6) is 5.75 Å². The van der Waals surface area contributed by atoms with Crippen molar-refractivity contribution in [3.63, 3.8) is 0 Å². The number of hydrogen-bond donors (Lipinski definition) is 1. The van der Waals surface area contributed by atoms with E-state index in [0.29, 0.717) is 18.7 Å². The molecule has 0 atom stereocenters. The number of benzene rings is 2. The number of quaternary nitrogens is 1. The predicted molar refractivity (Wildman–Crippen MR) is 111 cm³/mol. The van der Waals surface area contributed by atoms with Crippen molar-refractivity contribution in [2.75, 3.05) is 44.2 Å². The van der Waals surface area contributed by atoms with Crippen LogP contribution in [-0.2, 0) is 16.1 Å². The fraction of sp³-hybridized carbons (Fsp3) is 0.391. The zero-order valence-electron chi connectivity index (χ0n) is 16.9. The number of hydrogen-bond acceptors (Lipinski definition) is 3. The number of ether oxygens (including phenoxy) is 1. The molecule has 2 heterocycles. The van der Waals surface area contributed by atoms with Gasteiger partial charge >= 0.3 is 0 Å². The molecule has 2 aromatic rings. The van der Waals surface area contributed by atoms with Crippen molar-refractivity contribution >= 4 is 17.5 Å². The number of anilines is 1. The topological polar surface area (TPSA) is 54.3 Å². The highest BCUT2D eigenvalue weighted by Gasteiger charge is 2.28. The van der Waals surface area contributed by atoms with Gasteiger partial charge < -0.3 is 19.4 Å². The van der Waals surface area contributed by atoms with E-state index in [9.17, 15) is 9.59 Å². The molecule has 0 spiro atoms. The highest BCUT2D eigenvalue weighted by atomic mass is 16.5. The van der Waals surface area contributed by atoms with E-state index in [-0.39, 0.29) is 18.4 Å². The molecule has 2 aromatic carbocycles. The summed E-state index contributed by atoms with van der Waals surface area (Å²) in [5.74, 6) is 0.730. The number of nitrogens with one attached hydrogen (secondary N) is 1. The van der Waals surface area contributed by atoms with Crippen LogP contribution in [0.4, 0.5) is 5.69 Å². The number of para-hydroxylation sites is 2. The van der Waals surface area contributed by atoms with E-state index in [4.69, 9.17) is 4.74 Å². The number of piperazine rings is 1. The van der Waals surface area contributed by atoms with Gasteiger partial charge in [0.15, 0.2) is 6.61 Å². The first-order chi connectivity index (χ1) is 14.1. The second-order valence-corrected chi connectivity index (χ2v) is 7.79. The first-order valence-electron chi connectivity index (χ1n) is 10.3. The Morgan fingerprint density at radius 3 is 2.59 bits per heavy atom. The van der Waals surface area contributed by atoms with E-state index in [1.165, 1.54) is 16.0 Å². The normalized spacial score (nSPS) is 17.1. The Hall–Kier alpha value is -2.86. The Kier molecular flexibility index (Phi) is 5.81. The molecule has 0 saturated carbocycles. The molecule has 29 heavy (non-hydrogen) atoms. The van der Waals surface area contributed by atoms with Crippen LogP contribution in [0.2, 0.25) is 0 Å². The van der Waals surface area contributed by atoms with Crippen LogP contribution in [0.25, 0.3) is 0 Å². The number of nitrogens with zero attached hydrogens (tertiary/aromatic N) is 2. The molecule has 1 saturated heterocycles. The van der Waals surface area contributed by atoms with Gasteiger partial charge in [0.25, 0.3) is 5.91 Å². The molecule has 6 nitrogen and oxygen atoms in total. The molecule has 2 aliphatic rings. The third kappa shape index (κ3) is 4.43. The minimum atomic E-state index is -0.0935. The van der Waals surface area contributed by atoms with Crippen LogP contribution >= 0.6 is 0 Å². The standard InChI is InChI=1S/C23H27N3O3/c1-18-6-2-3-7-19(18)16-24-12-14-25(15-13-24)22(27)10-11-26-20-8-4-5-9-21(20)29-17-23(26)28/h2-9H,10-17H2,1H3/p+1. The smallest absolute Gasteiger partial charge is 0.265 e. The average molecular weight is 394 g/mol. The average Bonchev–Trinajstić information content (AvgIpc) is 2.75. The van der Waals surface area contributed by atoms with Gasteiger partial charge in [-0.3, -0.25) is 9.59 Å². The van der Waals surface area contributed by atoms with Gasteiger partial charge in [-0.2, -0.15) is 0 Å². The molecule has 0 aromatic heterocycles. The molecule has 2 amide bonds. The lowest BCUT2D eigenvalue weighted by Crippen LogP contribution is -3.13. The Balaban J connectivity index is 1.28. The Labute approximate surface area is 171 Å². The van der Waals surface area contributed by atoms with Crippen LogP contribution in [0, 0.1) is 6.92 Å². The molecule has 152 valence electrons. The molecule has 6 heteroatoms. The summed E-state index contributed by atoms with van der Waals surface area (Å²) in [6.07, 6.45) is 0.340. The highest BCUT2D eigenvalue weighted by Crippen LogP contribution is 2.31. The summed E-state index contributed by atoms with van der Waals surface area (Å²) in [7, 11) is 0. The minimum Gasteiger partial charge on any atom is -0.482 e. The van der Waals surface area contributed by atoms with Crippen molar-refractivity contribution in [1.29, 1.82) is 0 Å². The third-order valence-corrected chi connectivity index (χ3v) is 5.88. The molecule has 0 unspecified atom stereocenters. The largest absolute Gasteiger partial charge is 0.482 e. The lowest BCUT2D eigenvalue weighted by molar-refractivity contribution is -0.917. The Morgan fingerprint density at radius 1 is 1.07 bits per heavy atom. The molecule has 2 aliphatic heterocycles. The summed E-state index contributed by atoms with van der Waals surface area (Å²) in [6, 6.07) is 16.0. The molecule has 1 fully saturated rings. The molecule has 0 radical (unpaired) electrons. The number of amides is 2. The maximum atomic E-state index is 12.7. The molecule has 0 bridgehead atoms. The second-order valence-electron chi connectivity index (χ2n) is 7.79. The van der Waals surface area contributed by atoms with E-state index >= 15 is 0 Å². The molecule has 1 N–H and O–H groups in total. The summed E-state index contributed by atoms with van der Waals surface area (Å²) in [5, 5.41) is 0. The molecular formula is C23H28N3O3+. The van der Waals surface area contributed by atoms with Crippen LogP contribution in [0.1, 0.15) is 17.5 Å². The summed E-state index contributed by atoms with van der Waals surface area (Å²) in [4.78, 5) is 30.1. The van der Waals surface area contributed by atoms with E-state index in [1.807, 2.05) is 29.2 Å². The van der Waals surface area contributed by atoms with Gasteiger partial charge in [0.2, 0.25) is 5.91 Å². The molecule has 0 aliphatic carbocycles. The van der Waals surface area contributed by atoms with Crippen molar-refractivity contribution in [2.24, 2.45) is 0 Å². The van der Waals surface area contributed by atoms with Gasteiger partial charge in [0, 0.05) is 18.5 Å². The summed E-state index contributed by atoms with van der Waals surface area (Å²) < 4.78 is 5.47. The van der Waals surface area contributed by atoms with E-state index < -0.39 is 0 Å².